The molecule has 2 aromatic rings. The Labute approximate surface area is 141 Å². The largest absolute Gasteiger partial charge is 0.494 e. The zero-order valence-electron chi connectivity index (χ0n) is 12.8. The molecule has 0 amide bonds. The first-order valence-electron chi connectivity index (χ1n) is 7.34. The van der Waals surface area contributed by atoms with Crippen LogP contribution >= 0.6 is 22.6 Å². The molecule has 2 atom stereocenters. The lowest BCUT2D eigenvalue weighted by atomic mass is 10.0. The van der Waals surface area contributed by atoms with Crippen LogP contribution in [-0.2, 0) is 0 Å². The van der Waals surface area contributed by atoms with Gasteiger partial charge in [-0.25, -0.2) is 0 Å². The predicted molar refractivity (Wildman–Crippen MR) is 96.7 cm³/mol. The number of nitrogens with one attached hydrogen (secondary N) is 1. The van der Waals surface area contributed by atoms with Gasteiger partial charge in [0.1, 0.15) is 5.75 Å². The highest BCUT2D eigenvalue weighted by atomic mass is 127. The van der Waals surface area contributed by atoms with Crippen LogP contribution in [0.4, 0.5) is 0 Å². The van der Waals surface area contributed by atoms with Gasteiger partial charge in [-0.2, -0.15) is 0 Å². The number of hydrogen-bond donors (Lipinski definition) is 1. The van der Waals surface area contributed by atoms with E-state index >= 15 is 0 Å². The number of hydrogen-bond acceptors (Lipinski definition) is 2. The summed E-state index contributed by atoms with van der Waals surface area (Å²) >= 11 is 2.33. The van der Waals surface area contributed by atoms with Crippen molar-refractivity contribution >= 4 is 22.6 Å². The molecule has 3 heteroatoms. The molecule has 0 aliphatic rings. The van der Waals surface area contributed by atoms with Gasteiger partial charge in [0.2, 0.25) is 0 Å². The van der Waals surface area contributed by atoms with E-state index in [9.17, 15) is 0 Å². The molecular formula is C18H22INO. The third kappa shape index (κ3) is 4.71. The Balaban J connectivity index is 1.99. The maximum atomic E-state index is 5.48. The average molecular weight is 395 g/mol. The molecular weight excluding hydrogens is 373 g/mol. The number of ether oxygens (including phenoxy) is 1. The topological polar surface area (TPSA) is 21.3 Å². The molecule has 0 radical (unpaired) electrons. The maximum absolute atomic E-state index is 5.48. The van der Waals surface area contributed by atoms with E-state index in [1.165, 1.54) is 14.7 Å². The molecule has 2 aromatic carbocycles. The van der Waals surface area contributed by atoms with E-state index in [0.717, 1.165) is 5.75 Å². The Kier molecular flexibility index (Phi) is 6.06. The van der Waals surface area contributed by atoms with Crippen molar-refractivity contribution in [1.29, 1.82) is 0 Å². The SMILES string of the molecule is CCOc1ccc(C(C)NC(C)c2ccc(I)cc2)cc1. The second-order valence-electron chi connectivity index (χ2n) is 5.16. The first-order chi connectivity index (χ1) is 10.1. The molecule has 1 N–H and O–H groups in total. The average Bonchev–Trinajstić information content (AvgIpc) is 2.49. The zero-order valence-corrected chi connectivity index (χ0v) is 14.9. The van der Waals surface area contributed by atoms with E-state index in [-0.39, 0.29) is 0 Å². The van der Waals surface area contributed by atoms with Crippen molar-refractivity contribution in [3.63, 3.8) is 0 Å². The van der Waals surface area contributed by atoms with Gasteiger partial charge in [0.25, 0.3) is 0 Å². The Hall–Kier alpha value is -1.07. The molecule has 112 valence electrons. The van der Waals surface area contributed by atoms with E-state index in [1.807, 2.05) is 19.1 Å². The molecule has 0 fully saturated rings. The Bertz CT molecular complexity index is 550. The Morgan fingerprint density at radius 2 is 1.38 bits per heavy atom. The quantitative estimate of drug-likeness (QED) is 0.687. The minimum Gasteiger partial charge on any atom is -0.494 e. The molecule has 2 rings (SSSR count). The maximum Gasteiger partial charge on any atom is 0.119 e. The molecule has 21 heavy (non-hydrogen) atoms. The second-order valence-corrected chi connectivity index (χ2v) is 6.41. The summed E-state index contributed by atoms with van der Waals surface area (Å²) in [5.74, 6) is 0.930. The van der Waals surface area contributed by atoms with Crippen molar-refractivity contribution in [3.05, 3.63) is 63.2 Å². The van der Waals surface area contributed by atoms with Gasteiger partial charge >= 0.3 is 0 Å². The van der Waals surface area contributed by atoms with E-state index in [1.54, 1.807) is 0 Å². The van der Waals surface area contributed by atoms with Crippen molar-refractivity contribution in [2.24, 2.45) is 0 Å². The van der Waals surface area contributed by atoms with Crippen LogP contribution in [0.2, 0.25) is 0 Å². The van der Waals surface area contributed by atoms with E-state index in [2.05, 4.69) is 78.2 Å². The van der Waals surface area contributed by atoms with Crippen molar-refractivity contribution in [3.8, 4) is 5.75 Å². The molecule has 0 aliphatic heterocycles. The lowest BCUT2D eigenvalue weighted by molar-refractivity contribution is 0.340. The number of rotatable bonds is 6. The summed E-state index contributed by atoms with van der Waals surface area (Å²) in [6.45, 7) is 7.10. The van der Waals surface area contributed by atoms with Gasteiger partial charge in [-0.1, -0.05) is 24.3 Å². The lowest BCUT2D eigenvalue weighted by Gasteiger charge is -2.21. The van der Waals surface area contributed by atoms with Gasteiger partial charge in [0.05, 0.1) is 6.61 Å². The molecule has 0 aromatic heterocycles. The molecule has 0 saturated carbocycles. The number of benzene rings is 2. The standard InChI is InChI=1S/C18H22INO/c1-4-21-18-11-7-16(8-12-18)14(3)20-13(2)15-5-9-17(19)10-6-15/h5-14,20H,4H2,1-3H3. The predicted octanol–water partition coefficient (Wildman–Crippen LogP) is 5.10. The molecule has 0 aliphatic carbocycles. The van der Waals surface area contributed by atoms with Crippen LogP contribution in [0.25, 0.3) is 0 Å². The Morgan fingerprint density at radius 3 is 1.86 bits per heavy atom. The first kappa shape index (κ1) is 16.3. The molecule has 0 heterocycles. The summed E-state index contributed by atoms with van der Waals surface area (Å²) in [4.78, 5) is 0. The lowest BCUT2D eigenvalue weighted by Crippen LogP contribution is -2.22. The summed E-state index contributed by atoms with van der Waals surface area (Å²) < 4.78 is 6.75. The van der Waals surface area contributed by atoms with Crippen LogP contribution in [0.1, 0.15) is 44.0 Å². The smallest absolute Gasteiger partial charge is 0.119 e. The van der Waals surface area contributed by atoms with Gasteiger partial charge in [-0.05, 0) is 78.8 Å². The molecule has 2 nitrogen and oxygen atoms in total. The molecule has 2 unspecified atom stereocenters. The monoisotopic (exact) mass is 395 g/mol. The van der Waals surface area contributed by atoms with Crippen LogP contribution in [0, 0.1) is 3.57 Å². The highest BCUT2D eigenvalue weighted by Crippen LogP contribution is 2.22. The highest BCUT2D eigenvalue weighted by molar-refractivity contribution is 14.1. The molecule has 0 spiro atoms. The highest BCUT2D eigenvalue weighted by Gasteiger charge is 2.11. The van der Waals surface area contributed by atoms with Crippen molar-refractivity contribution < 1.29 is 4.74 Å². The Morgan fingerprint density at radius 1 is 0.905 bits per heavy atom. The van der Waals surface area contributed by atoms with Gasteiger partial charge in [-0.3, -0.25) is 0 Å². The normalized spacial score (nSPS) is 13.7. The fourth-order valence-corrected chi connectivity index (χ4v) is 2.70. The van der Waals surface area contributed by atoms with Crippen LogP contribution in [-0.4, -0.2) is 6.61 Å². The van der Waals surface area contributed by atoms with Crippen LogP contribution in [0.3, 0.4) is 0 Å². The molecule has 0 saturated heterocycles. The second kappa shape index (κ2) is 7.80. The number of halogens is 1. The van der Waals surface area contributed by atoms with Crippen molar-refractivity contribution in [2.45, 2.75) is 32.9 Å². The minimum atomic E-state index is 0.301. The fourth-order valence-electron chi connectivity index (χ4n) is 2.34. The van der Waals surface area contributed by atoms with Crippen molar-refractivity contribution in [2.75, 3.05) is 6.61 Å². The first-order valence-corrected chi connectivity index (χ1v) is 8.42. The van der Waals surface area contributed by atoms with Gasteiger partial charge < -0.3 is 10.1 Å². The third-order valence-corrected chi connectivity index (χ3v) is 4.28. The van der Waals surface area contributed by atoms with Crippen LogP contribution < -0.4 is 10.1 Å². The van der Waals surface area contributed by atoms with Crippen molar-refractivity contribution in [1.82, 2.24) is 5.32 Å². The summed E-state index contributed by atoms with van der Waals surface area (Å²) in [5, 5.41) is 3.64. The van der Waals surface area contributed by atoms with E-state index in [0.29, 0.717) is 18.7 Å². The minimum absolute atomic E-state index is 0.301. The summed E-state index contributed by atoms with van der Waals surface area (Å²) in [7, 11) is 0. The summed E-state index contributed by atoms with van der Waals surface area (Å²) in [6, 6.07) is 17.6. The third-order valence-electron chi connectivity index (χ3n) is 3.56. The van der Waals surface area contributed by atoms with E-state index < -0.39 is 0 Å². The van der Waals surface area contributed by atoms with Gasteiger partial charge in [0.15, 0.2) is 0 Å². The van der Waals surface area contributed by atoms with E-state index in [4.69, 9.17) is 4.74 Å². The van der Waals surface area contributed by atoms with Gasteiger partial charge in [-0.15, -0.1) is 0 Å². The molecule has 0 bridgehead atoms. The summed E-state index contributed by atoms with van der Waals surface area (Å²) in [5.41, 5.74) is 2.59. The fraction of sp³-hybridized carbons (Fsp3) is 0.333. The van der Waals surface area contributed by atoms with Gasteiger partial charge in [0, 0.05) is 15.7 Å². The summed E-state index contributed by atoms with van der Waals surface area (Å²) in [6.07, 6.45) is 0. The zero-order chi connectivity index (χ0) is 15.2. The van der Waals surface area contributed by atoms with Crippen LogP contribution in [0.5, 0.6) is 5.75 Å². The van der Waals surface area contributed by atoms with Crippen LogP contribution in [0.15, 0.2) is 48.5 Å².